The lowest BCUT2D eigenvalue weighted by molar-refractivity contribution is -0.113. The van der Waals surface area contributed by atoms with Crippen LogP contribution in [0.25, 0.3) is 6.08 Å². The van der Waals surface area contributed by atoms with Crippen LogP contribution >= 0.6 is 63.1 Å². The van der Waals surface area contributed by atoms with Crippen LogP contribution in [0.3, 0.4) is 0 Å². The van der Waals surface area contributed by atoms with Crippen LogP contribution in [0.2, 0.25) is 10.0 Å². The average Bonchev–Trinajstić information content (AvgIpc) is 3.08. The van der Waals surface area contributed by atoms with Crippen LogP contribution in [0.15, 0.2) is 64.0 Å². The zero-order chi connectivity index (χ0) is 24.4. The molecule has 1 saturated heterocycles. The molecule has 0 N–H and O–H groups in total. The maximum absolute atomic E-state index is 13.1. The van der Waals surface area contributed by atoms with Crippen molar-refractivity contribution in [1.29, 1.82) is 0 Å². The number of ether oxygens (including phenoxy) is 2. The third kappa shape index (κ3) is 5.42. The molecule has 0 aromatic heterocycles. The van der Waals surface area contributed by atoms with Crippen molar-refractivity contribution >= 4 is 85.1 Å². The van der Waals surface area contributed by atoms with Crippen LogP contribution in [0.1, 0.15) is 11.1 Å². The second-order valence-corrected chi connectivity index (χ2v) is 10.4. The molecule has 174 valence electrons. The van der Waals surface area contributed by atoms with Crippen LogP contribution in [0, 0.1) is 5.82 Å². The number of halogens is 4. The number of rotatable bonds is 6. The van der Waals surface area contributed by atoms with Gasteiger partial charge in [-0.3, -0.25) is 9.69 Å². The molecule has 3 aromatic rings. The zero-order valence-electron chi connectivity index (χ0n) is 17.5. The number of nitrogens with zero attached hydrogens (tertiary/aromatic N) is 1. The molecule has 1 fully saturated rings. The molecule has 4 nitrogen and oxygen atoms in total. The summed E-state index contributed by atoms with van der Waals surface area (Å²) in [6.07, 6.45) is 1.73. The Morgan fingerprint density at radius 1 is 1.12 bits per heavy atom. The molecule has 1 heterocycles. The van der Waals surface area contributed by atoms with Gasteiger partial charge in [-0.2, -0.15) is 0 Å². The summed E-state index contributed by atoms with van der Waals surface area (Å²) >= 11 is 22.2. The number of anilines is 1. The highest BCUT2D eigenvalue weighted by molar-refractivity contribution is 9.10. The number of thiocarbonyl (C=S) groups is 1. The Balaban J connectivity index is 1.58. The lowest BCUT2D eigenvalue weighted by Crippen LogP contribution is -2.27. The van der Waals surface area contributed by atoms with E-state index in [0.29, 0.717) is 46.5 Å². The van der Waals surface area contributed by atoms with E-state index in [-0.39, 0.29) is 18.3 Å². The van der Waals surface area contributed by atoms with Gasteiger partial charge in [-0.25, -0.2) is 4.39 Å². The van der Waals surface area contributed by atoms with Crippen molar-refractivity contribution in [3.05, 3.63) is 91.0 Å². The topological polar surface area (TPSA) is 38.8 Å². The van der Waals surface area contributed by atoms with Crippen LogP contribution in [0.5, 0.6) is 11.5 Å². The fraction of sp³-hybridized carbons (Fsp3) is 0.0833. The van der Waals surface area contributed by atoms with Gasteiger partial charge in [0, 0.05) is 0 Å². The summed E-state index contributed by atoms with van der Waals surface area (Å²) < 4.78 is 25.6. The van der Waals surface area contributed by atoms with Gasteiger partial charge in [-0.05, 0) is 75.6 Å². The maximum atomic E-state index is 13.1. The van der Waals surface area contributed by atoms with Gasteiger partial charge < -0.3 is 9.47 Å². The maximum Gasteiger partial charge on any atom is 0.270 e. The third-order valence-corrected chi connectivity index (χ3v) is 7.43. The van der Waals surface area contributed by atoms with Gasteiger partial charge in [0.1, 0.15) is 12.4 Å². The second kappa shape index (κ2) is 10.7. The first-order valence-corrected chi connectivity index (χ1v) is 12.5. The summed E-state index contributed by atoms with van der Waals surface area (Å²) in [6.45, 7) is 0.233. The van der Waals surface area contributed by atoms with E-state index in [9.17, 15) is 9.18 Å². The van der Waals surface area contributed by atoms with Crippen molar-refractivity contribution in [2.24, 2.45) is 0 Å². The fourth-order valence-corrected chi connectivity index (χ4v) is 5.33. The summed E-state index contributed by atoms with van der Waals surface area (Å²) in [5.41, 5.74) is 2.07. The molecule has 0 atom stereocenters. The van der Waals surface area contributed by atoms with Crippen molar-refractivity contribution in [2.75, 3.05) is 12.0 Å². The molecule has 4 rings (SSSR count). The molecule has 3 aromatic carbocycles. The van der Waals surface area contributed by atoms with E-state index >= 15 is 0 Å². The standard InChI is InChI=1S/C24H15BrCl2FNO3S2/c1-31-20-9-14(8-17(25)22(20)32-12-13-2-4-15(28)5-3-13)10-21-23(30)29(24(33)34-21)16-6-7-18(26)19(27)11-16/h2-11H,12H2,1H3/b21-10-. The Morgan fingerprint density at radius 2 is 1.85 bits per heavy atom. The molecule has 1 aliphatic rings. The monoisotopic (exact) mass is 597 g/mol. The molecule has 10 heteroatoms. The Morgan fingerprint density at radius 3 is 2.53 bits per heavy atom. The first-order valence-electron chi connectivity index (χ1n) is 9.74. The van der Waals surface area contributed by atoms with E-state index < -0.39 is 0 Å². The van der Waals surface area contributed by atoms with Gasteiger partial charge in [-0.15, -0.1) is 0 Å². The Bertz CT molecular complexity index is 1320. The summed E-state index contributed by atoms with van der Waals surface area (Å²) in [4.78, 5) is 15.0. The molecule has 0 aliphatic carbocycles. The molecular formula is C24H15BrCl2FNO3S2. The summed E-state index contributed by atoms with van der Waals surface area (Å²) in [7, 11) is 1.53. The lowest BCUT2D eigenvalue weighted by Gasteiger charge is -2.15. The number of hydrogen-bond donors (Lipinski definition) is 0. The van der Waals surface area contributed by atoms with E-state index in [1.165, 1.54) is 35.9 Å². The highest BCUT2D eigenvalue weighted by atomic mass is 79.9. The van der Waals surface area contributed by atoms with Crippen molar-refractivity contribution in [2.45, 2.75) is 6.61 Å². The summed E-state index contributed by atoms with van der Waals surface area (Å²) in [5, 5.41) is 0.729. The van der Waals surface area contributed by atoms with E-state index in [2.05, 4.69) is 15.9 Å². The van der Waals surface area contributed by atoms with Crippen LogP contribution < -0.4 is 14.4 Å². The minimum Gasteiger partial charge on any atom is -0.493 e. The highest BCUT2D eigenvalue weighted by Gasteiger charge is 2.33. The van der Waals surface area contributed by atoms with E-state index in [4.69, 9.17) is 44.9 Å². The SMILES string of the molecule is COc1cc(/C=C2\SC(=S)N(c3ccc(Cl)c(Cl)c3)C2=O)cc(Br)c1OCc1ccc(F)cc1. The molecule has 0 bridgehead atoms. The van der Waals surface area contributed by atoms with Crippen molar-refractivity contribution < 1.29 is 18.7 Å². The Kier molecular flexibility index (Phi) is 7.84. The highest BCUT2D eigenvalue weighted by Crippen LogP contribution is 2.41. The van der Waals surface area contributed by atoms with Crippen LogP contribution in [-0.2, 0) is 11.4 Å². The van der Waals surface area contributed by atoms with Crippen molar-refractivity contribution in [1.82, 2.24) is 0 Å². The molecule has 1 aliphatic heterocycles. The lowest BCUT2D eigenvalue weighted by atomic mass is 10.1. The van der Waals surface area contributed by atoms with Gasteiger partial charge in [0.05, 0.1) is 32.2 Å². The van der Waals surface area contributed by atoms with Gasteiger partial charge >= 0.3 is 0 Å². The van der Waals surface area contributed by atoms with E-state index in [1.807, 2.05) is 6.07 Å². The largest absolute Gasteiger partial charge is 0.493 e. The average molecular weight is 599 g/mol. The van der Waals surface area contributed by atoms with Gasteiger partial charge in [-0.1, -0.05) is 59.3 Å². The first-order chi connectivity index (χ1) is 16.3. The van der Waals surface area contributed by atoms with Gasteiger partial charge in [0.15, 0.2) is 15.8 Å². The number of benzene rings is 3. The molecule has 0 radical (unpaired) electrons. The molecule has 0 unspecified atom stereocenters. The van der Waals surface area contributed by atoms with Crippen LogP contribution in [-0.4, -0.2) is 17.3 Å². The predicted molar refractivity (Wildman–Crippen MR) is 144 cm³/mol. The molecule has 0 saturated carbocycles. The summed E-state index contributed by atoms with van der Waals surface area (Å²) in [5.74, 6) is 0.395. The van der Waals surface area contributed by atoms with Crippen LogP contribution in [0.4, 0.5) is 10.1 Å². The number of carbonyl (C=O) groups excluding carboxylic acids is 1. The summed E-state index contributed by atoms with van der Waals surface area (Å²) in [6, 6.07) is 14.5. The number of amides is 1. The minimum absolute atomic E-state index is 0.233. The minimum atomic E-state index is -0.309. The van der Waals surface area contributed by atoms with Gasteiger partial charge in [0.2, 0.25) is 0 Å². The third-order valence-electron chi connectivity index (χ3n) is 4.80. The van der Waals surface area contributed by atoms with E-state index in [1.54, 1.807) is 42.5 Å². The van der Waals surface area contributed by atoms with Crippen molar-refractivity contribution in [3.63, 3.8) is 0 Å². The number of thioether (sulfide) groups is 1. The molecule has 0 spiro atoms. The number of hydrogen-bond acceptors (Lipinski definition) is 5. The fourth-order valence-electron chi connectivity index (χ4n) is 3.17. The normalized spacial score (nSPS) is 14.7. The predicted octanol–water partition coefficient (Wildman–Crippen LogP) is 7.89. The Labute approximate surface area is 223 Å². The first kappa shape index (κ1) is 25.0. The van der Waals surface area contributed by atoms with Gasteiger partial charge in [0.25, 0.3) is 5.91 Å². The second-order valence-electron chi connectivity index (χ2n) is 7.06. The Hall–Kier alpha value is -2.10. The van der Waals surface area contributed by atoms with Crippen molar-refractivity contribution in [3.8, 4) is 11.5 Å². The van der Waals surface area contributed by atoms with E-state index in [0.717, 1.165) is 5.56 Å². The quantitative estimate of drug-likeness (QED) is 0.213. The molecule has 1 amide bonds. The number of methoxy groups -OCH3 is 1. The smallest absolute Gasteiger partial charge is 0.270 e. The molecular weight excluding hydrogens is 584 g/mol. The number of carbonyl (C=O) groups is 1. The zero-order valence-corrected chi connectivity index (χ0v) is 22.2. The molecule has 34 heavy (non-hydrogen) atoms.